The number of hydrogen-bond donors (Lipinski definition) is 1. The van der Waals surface area contributed by atoms with Gasteiger partial charge in [-0.15, -0.1) is 0 Å². The molecule has 2 aromatic carbocycles. The van der Waals surface area contributed by atoms with Crippen LogP contribution < -0.4 is 10.2 Å². The number of anilines is 1. The molecule has 1 aliphatic rings. The third-order valence-corrected chi connectivity index (χ3v) is 7.80. The first-order valence-corrected chi connectivity index (χ1v) is 12.6. The summed E-state index contributed by atoms with van der Waals surface area (Å²) < 4.78 is 32.7. The second-order valence-electron chi connectivity index (χ2n) is 7.90. The summed E-state index contributed by atoms with van der Waals surface area (Å²) in [6.07, 6.45) is 2.12. The summed E-state index contributed by atoms with van der Waals surface area (Å²) in [7, 11) is -2.01. The Hall–Kier alpha value is -2.42. The fourth-order valence-corrected chi connectivity index (χ4v) is 5.56. The molecule has 7 nitrogen and oxygen atoms in total. The number of carbonyl (C=O) groups is 1. The third kappa shape index (κ3) is 5.49. The second kappa shape index (κ2) is 10.9. The van der Waals surface area contributed by atoms with E-state index in [0.29, 0.717) is 31.8 Å². The van der Waals surface area contributed by atoms with Crippen LogP contribution in [0.4, 0.5) is 5.69 Å². The van der Waals surface area contributed by atoms with Crippen molar-refractivity contribution < 1.29 is 17.9 Å². The molecule has 0 bridgehead atoms. The Morgan fingerprint density at radius 2 is 1.75 bits per heavy atom. The van der Waals surface area contributed by atoms with Gasteiger partial charge in [-0.3, -0.25) is 4.79 Å². The van der Waals surface area contributed by atoms with Crippen LogP contribution in [-0.2, 0) is 27.9 Å². The van der Waals surface area contributed by atoms with Gasteiger partial charge in [0, 0.05) is 45.5 Å². The van der Waals surface area contributed by atoms with Crippen molar-refractivity contribution in [1.82, 2.24) is 9.62 Å². The minimum absolute atomic E-state index is 0.149. The molecule has 0 unspecified atom stereocenters. The van der Waals surface area contributed by atoms with E-state index in [2.05, 4.69) is 10.2 Å². The van der Waals surface area contributed by atoms with Gasteiger partial charge >= 0.3 is 0 Å². The molecule has 1 saturated heterocycles. The molecule has 174 valence electrons. The lowest BCUT2D eigenvalue weighted by Crippen LogP contribution is -2.32. The number of methoxy groups -OCH3 is 1. The maximum absolute atomic E-state index is 13.2. The van der Waals surface area contributed by atoms with Crippen molar-refractivity contribution >= 4 is 21.6 Å². The van der Waals surface area contributed by atoms with Crippen molar-refractivity contribution in [1.29, 1.82) is 0 Å². The van der Waals surface area contributed by atoms with Gasteiger partial charge in [0.2, 0.25) is 10.0 Å². The summed E-state index contributed by atoms with van der Waals surface area (Å²) in [5, 5.41) is 2.97. The van der Waals surface area contributed by atoms with Gasteiger partial charge in [-0.25, -0.2) is 8.42 Å². The lowest BCUT2D eigenvalue weighted by Gasteiger charge is -2.23. The number of ether oxygens (including phenoxy) is 1. The van der Waals surface area contributed by atoms with Gasteiger partial charge in [0.1, 0.15) is 0 Å². The Labute approximate surface area is 191 Å². The molecule has 0 aliphatic carbocycles. The highest BCUT2D eigenvalue weighted by Crippen LogP contribution is 2.28. The van der Waals surface area contributed by atoms with Gasteiger partial charge in [0.25, 0.3) is 5.91 Å². The number of carbonyl (C=O) groups excluding carboxylic acids is 1. The first kappa shape index (κ1) is 24.2. The zero-order valence-corrected chi connectivity index (χ0v) is 20.0. The van der Waals surface area contributed by atoms with Gasteiger partial charge in [-0.05, 0) is 42.2 Å². The Kier molecular flexibility index (Phi) is 8.28. The molecule has 0 aromatic heterocycles. The van der Waals surface area contributed by atoms with Crippen molar-refractivity contribution in [3.63, 3.8) is 0 Å². The molecular formula is C24H33N3O4S. The Balaban J connectivity index is 1.89. The Morgan fingerprint density at radius 1 is 1.06 bits per heavy atom. The summed E-state index contributed by atoms with van der Waals surface area (Å²) >= 11 is 0. The van der Waals surface area contributed by atoms with Crippen LogP contribution in [0.3, 0.4) is 0 Å². The van der Waals surface area contributed by atoms with Crippen molar-refractivity contribution in [2.75, 3.05) is 38.2 Å². The summed E-state index contributed by atoms with van der Waals surface area (Å²) in [6.45, 7) is 6.96. The van der Waals surface area contributed by atoms with E-state index in [4.69, 9.17) is 4.74 Å². The van der Waals surface area contributed by atoms with Crippen LogP contribution in [0.15, 0.2) is 47.4 Å². The van der Waals surface area contributed by atoms with E-state index in [9.17, 15) is 13.2 Å². The predicted molar refractivity (Wildman–Crippen MR) is 126 cm³/mol. The lowest BCUT2D eigenvalue weighted by molar-refractivity contribution is 0.0951. The van der Waals surface area contributed by atoms with Gasteiger partial charge < -0.3 is 15.0 Å². The predicted octanol–water partition coefficient (Wildman–Crippen LogP) is 3.39. The van der Waals surface area contributed by atoms with E-state index in [1.807, 2.05) is 38.1 Å². The lowest BCUT2D eigenvalue weighted by atomic mass is 10.1. The molecule has 3 rings (SSSR count). The number of nitrogens with zero attached hydrogens (tertiary/aromatic N) is 2. The SMILES string of the molecule is CCN(CC)S(=O)(=O)c1ccc(N2CCCC2)c(C(=O)NCc2cccc(COC)c2)c1. The number of hydrogen-bond acceptors (Lipinski definition) is 5. The summed E-state index contributed by atoms with van der Waals surface area (Å²) in [5.74, 6) is -0.277. The zero-order valence-electron chi connectivity index (χ0n) is 19.1. The average Bonchev–Trinajstić information content (AvgIpc) is 3.33. The average molecular weight is 460 g/mol. The number of amides is 1. The fraction of sp³-hybridized carbons (Fsp3) is 0.458. The van der Waals surface area contributed by atoms with Crippen LogP contribution in [0.2, 0.25) is 0 Å². The van der Waals surface area contributed by atoms with E-state index in [1.165, 1.54) is 10.4 Å². The second-order valence-corrected chi connectivity index (χ2v) is 9.84. The largest absolute Gasteiger partial charge is 0.380 e. The molecule has 1 aliphatic heterocycles. The molecular weight excluding hydrogens is 426 g/mol. The monoisotopic (exact) mass is 459 g/mol. The van der Waals surface area contributed by atoms with Crippen molar-refractivity contribution in [3.8, 4) is 0 Å². The number of benzene rings is 2. The summed E-state index contributed by atoms with van der Waals surface area (Å²) in [5.41, 5.74) is 3.17. The van der Waals surface area contributed by atoms with E-state index in [-0.39, 0.29) is 10.8 Å². The van der Waals surface area contributed by atoms with E-state index < -0.39 is 10.0 Å². The molecule has 0 radical (unpaired) electrons. The minimum Gasteiger partial charge on any atom is -0.380 e. The topological polar surface area (TPSA) is 79.0 Å². The smallest absolute Gasteiger partial charge is 0.253 e. The summed E-state index contributed by atoms with van der Waals surface area (Å²) in [4.78, 5) is 15.5. The van der Waals surface area contributed by atoms with Gasteiger partial charge in [0.15, 0.2) is 0 Å². The molecule has 0 spiro atoms. The molecule has 32 heavy (non-hydrogen) atoms. The van der Waals surface area contributed by atoms with Gasteiger partial charge in [-0.1, -0.05) is 38.1 Å². The molecule has 0 atom stereocenters. The van der Waals surface area contributed by atoms with Crippen molar-refractivity contribution in [2.24, 2.45) is 0 Å². The van der Waals surface area contributed by atoms with Crippen LogP contribution in [0.25, 0.3) is 0 Å². The first-order valence-electron chi connectivity index (χ1n) is 11.1. The quantitative estimate of drug-likeness (QED) is 0.589. The molecule has 1 N–H and O–H groups in total. The molecule has 0 saturated carbocycles. The van der Waals surface area contributed by atoms with Gasteiger partial charge in [0.05, 0.1) is 17.1 Å². The van der Waals surface area contributed by atoms with E-state index in [1.54, 1.807) is 19.2 Å². The highest BCUT2D eigenvalue weighted by molar-refractivity contribution is 7.89. The third-order valence-electron chi connectivity index (χ3n) is 5.76. The minimum atomic E-state index is -3.66. The molecule has 8 heteroatoms. The van der Waals surface area contributed by atoms with E-state index in [0.717, 1.165) is 42.7 Å². The summed E-state index contributed by atoms with van der Waals surface area (Å²) in [6, 6.07) is 12.8. The van der Waals surface area contributed by atoms with Crippen LogP contribution in [0.5, 0.6) is 0 Å². The van der Waals surface area contributed by atoms with Gasteiger partial charge in [-0.2, -0.15) is 4.31 Å². The Bertz CT molecular complexity index is 1030. The molecule has 1 fully saturated rings. The highest BCUT2D eigenvalue weighted by atomic mass is 32.2. The highest BCUT2D eigenvalue weighted by Gasteiger charge is 2.26. The van der Waals surface area contributed by atoms with Crippen LogP contribution in [0, 0.1) is 0 Å². The number of nitrogens with one attached hydrogen (secondary N) is 1. The number of sulfonamides is 1. The van der Waals surface area contributed by atoms with E-state index >= 15 is 0 Å². The maximum atomic E-state index is 13.2. The maximum Gasteiger partial charge on any atom is 0.253 e. The standard InChI is InChI=1S/C24H33N3O4S/c1-4-27(5-2)32(29,30)21-11-12-23(26-13-6-7-14-26)22(16-21)24(28)25-17-19-9-8-10-20(15-19)18-31-3/h8-12,15-16H,4-7,13-14,17-18H2,1-3H3,(H,25,28). The normalized spacial score (nSPS) is 14.2. The van der Waals surface area contributed by atoms with Crippen LogP contribution in [0.1, 0.15) is 48.2 Å². The van der Waals surface area contributed by atoms with Crippen molar-refractivity contribution in [2.45, 2.75) is 44.7 Å². The number of rotatable bonds is 10. The molecule has 2 aromatic rings. The molecule has 1 amide bonds. The zero-order chi connectivity index (χ0) is 23.1. The Morgan fingerprint density at radius 3 is 2.41 bits per heavy atom. The molecule has 1 heterocycles. The van der Waals surface area contributed by atoms with Crippen LogP contribution >= 0.6 is 0 Å². The first-order chi connectivity index (χ1) is 15.4. The van der Waals surface area contributed by atoms with Crippen LogP contribution in [-0.4, -0.2) is 51.9 Å². The van der Waals surface area contributed by atoms with Crippen molar-refractivity contribution in [3.05, 3.63) is 59.2 Å². The fourth-order valence-electron chi connectivity index (χ4n) is 4.08.